The van der Waals surface area contributed by atoms with Gasteiger partial charge in [0.05, 0.1) is 17.4 Å². The number of amides is 1. The van der Waals surface area contributed by atoms with E-state index in [0.717, 1.165) is 16.6 Å². The minimum absolute atomic E-state index is 0.118. The largest absolute Gasteiger partial charge is 0.382 e. The summed E-state index contributed by atoms with van der Waals surface area (Å²) in [5.74, 6) is -0.118. The lowest BCUT2D eigenvalue weighted by Gasteiger charge is -2.17. The number of carbonyl (C=O) groups is 1. The maximum absolute atomic E-state index is 12.5. The Morgan fingerprint density at radius 3 is 2.41 bits per heavy atom. The summed E-state index contributed by atoms with van der Waals surface area (Å²) in [6.45, 7) is 0. The van der Waals surface area contributed by atoms with E-state index in [2.05, 4.69) is 15.6 Å². The number of anilines is 2. The number of benzene rings is 2. The van der Waals surface area contributed by atoms with Crippen molar-refractivity contribution < 1.29 is 4.79 Å². The maximum Gasteiger partial charge on any atom is 0.255 e. The van der Waals surface area contributed by atoms with Crippen molar-refractivity contribution in [2.45, 2.75) is 44.6 Å². The van der Waals surface area contributed by atoms with Crippen LogP contribution < -0.4 is 10.6 Å². The molecule has 4 rings (SSSR count). The highest BCUT2D eigenvalue weighted by atomic mass is 16.1. The van der Waals surface area contributed by atoms with E-state index in [1.807, 2.05) is 54.6 Å². The fourth-order valence-corrected chi connectivity index (χ4v) is 3.72. The number of hydrogen-bond acceptors (Lipinski definition) is 3. The Balaban J connectivity index is 1.40. The van der Waals surface area contributed by atoms with Gasteiger partial charge in [-0.05, 0) is 49.2 Å². The molecule has 0 saturated heterocycles. The Labute approximate surface area is 160 Å². The molecule has 1 amide bonds. The molecule has 0 radical (unpaired) electrons. The van der Waals surface area contributed by atoms with E-state index in [9.17, 15) is 4.79 Å². The van der Waals surface area contributed by atoms with Gasteiger partial charge in [-0.1, -0.05) is 43.9 Å². The number of para-hydroxylation sites is 1. The van der Waals surface area contributed by atoms with Gasteiger partial charge in [-0.2, -0.15) is 0 Å². The Bertz CT molecular complexity index is 912. The lowest BCUT2D eigenvalue weighted by atomic mass is 10.1. The van der Waals surface area contributed by atoms with Gasteiger partial charge in [-0.25, -0.2) is 0 Å². The third kappa shape index (κ3) is 4.45. The first-order chi connectivity index (χ1) is 13.3. The van der Waals surface area contributed by atoms with Crippen LogP contribution in [0.4, 0.5) is 11.4 Å². The number of fused-ring (bicyclic) bond motifs is 1. The van der Waals surface area contributed by atoms with Gasteiger partial charge in [0.25, 0.3) is 5.91 Å². The van der Waals surface area contributed by atoms with E-state index in [1.165, 1.54) is 38.5 Å². The van der Waals surface area contributed by atoms with E-state index in [0.29, 0.717) is 17.3 Å². The van der Waals surface area contributed by atoms with Crippen LogP contribution in [-0.2, 0) is 0 Å². The van der Waals surface area contributed by atoms with Crippen molar-refractivity contribution in [3.8, 4) is 0 Å². The number of carbonyl (C=O) groups excluding carboxylic acids is 1. The smallest absolute Gasteiger partial charge is 0.255 e. The summed E-state index contributed by atoms with van der Waals surface area (Å²) < 4.78 is 0. The highest BCUT2D eigenvalue weighted by Crippen LogP contribution is 2.22. The van der Waals surface area contributed by atoms with Crippen molar-refractivity contribution in [2.24, 2.45) is 0 Å². The fraction of sp³-hybridized carbons (Fsp3) is 0.304. The molecule has 1 saturated carbocycles. The van der Waals surface area contributed by atoms with Crippen molar-refractivity contribution in [3.05, 3.63) is 66.4 Å². The number of pyridine rings is 1. The zero-order chi connectivity index (χ0) is 18.5. The topological polar surface area (TPSA) is 54.0 Å². The molecule has 1 aliphatic carbocycles. The van der Waals surface area contributed by atoms with Crippen molar-refractivity contribution in [3.63, 3.8) is 0 Å². The summed E-state index contributed by atoms with van der Waals surface area (Å²) >= 11 is 0. The first kappa shape index (κ1) is 17.5. The molecule has 1 aliphatic rings. The highest BCUT2D eigenvalue weighted by molar-refractivity contribution is 6.05. The van der Waals surface area contributed by atoms with Crippen LogP contribution >= 0.6 is 0 Å². The van der Waals surface area contributed by atoms with E-state index in [-0.39, 0.29) is 5.91 Å². The molecule has 0 spiro atoms. The van der Waals surface area contributed by atoms with Gasteiger partial charge in [0, 0.05) is 22.7 Å². The molecule has 0 bridgehead atoms. The molecule has 3 aromatic rings. The summed E-state index contributed by atoms with van der Waals surface area (Å²) in [5.41, 5.74) is 3.36. The highest BCUT2D eigenvalue weighted by Gasteiger charge is 2.12. The first-order valence-corrected chi connectivity index (χ1v) is 9.81. The second kappa shape index (κ2) is 8.21. The van der Waals surface area contributed by atoms with Gasteiger partial charge in [0.2, 0.25) is 0 Å². The van der Waals surface area contributed by atoms with Crippen LogP contribution in [0.5, 0.6) is 0 Å². The van der Waals surface area contributed by atoms with E-state index >= 15 is 0 Å². The van der Waals surface area contributed by atoms with Gasteiger partial charge in [0.1, 0.15) is 0 Å². The lowest BCUT2D eigenvalue weighted by molar-refractivity contribution is 0.102. The molecule has 27 heavy (non-hydrogen) atoms. The van der Waals surface area contributed by atoms with Gasteiger partial charge in [-0.15, -0.1) is 0 Å². The molecule has 0 atom stereocenters. The summed E-state index contributed by atoms with van der Waals surface area (Å²) in [6.07, 6.45) is 9.47. The third-order valence-electron chi connectivity index (χ3n) is 5.22. The molecule has 0 unspecified atom stereocenters. The van der Waals surface area contributed by atoms with E-state index in [1.54, 1.807) is 6.20 Å². The van der Waals surface area contributed by atoms with Gasteiger partial charge in [0.15, 0.2) is 0 Å². The minimum Gasteiger partial charge on any atom is -0.382 e. The second-order valence-electron chi connectivity index (χ2n) is 7.28. The molecule has 4 nitrogen and oxygen atoms in total. The molecule has 0 aliphatic heterocycles. The van der Waals surface area contributed by atoms with Crippen LogP contribution in [0.3, 0.4) is 0 Å². The zero-order valence-electron chi connectivity index (χ0n) is 15.4. The Kier molecular flexibility index (Phi) is 5.33. The summed E-state index contributed by atoms with van der Waals surface area (Å²) in [7, 11) is 0. The summed E-state index contributed by atoms with van der Waals surface area (Å²) in [6, 6.07) is 18.1. The average Bonchev–Trinajstić information content (AvgIpc) is 2.97. The molecule has 138 valence electrons. The van der Waals surface area contributed by atoms with Crippen molar-refractivity contribution in [2.75, 3.05) is 10.6 Å². The number of nitrogens with one attached hydrogen (secondary N) is 2. The second-order valence-corrected chi connectivity index (χ2v) is 7.28. The molecule has 1 heterocycles. The molecule has 4 heteroatoms. The van der Waals surface area contributed by atoms with Crippen LogP contribution in [0.25, 0.3) is 10.9 Å². The normalized spacial score (nSPS) is 15.3. The summed E-state index contributed by atoms with van der Waals surface area (Å²) in [5, 5.41) is 7.56. The number of rotatable bonds is 4. The predicted molar refractivity (Wildman–Crippen MR) is 111 cm³/mol. The average molecular weight is 359 g/mol. The lowest BCUT2D eigenvalue weighted by Crippen LogP contribution is -2.18. The first-order valence-electron chi connectivity index (χ1n) is 9.81. The number of nitrogens with zero attached hydrogens (tertiary/aromatic N) is 1. The number of hydrogen-bond donors (Lipinski definition) is 2. The van der Waals surface area contributed by atoms with Gasteiger partial charge in [-0.3, -0.25) is 9.78 Å². The fourth-order valence-electron chi connectivity index (χ4n) is 3.72. The molecule has 2 aromatic carbocycles. The van der Waals surface area contributed by atoms with Crippen LogP contribution in [0.1, 0.15) is 48.9 Å². The number of aromatic nitrogens is 1. The quantitative estimate of drug-likeness (QED) is 0.594. The Morgan fingerprint density at radius 2 is 1.63 bits per heavy atom. The molecule has 1 fully saturated rings. The molecule has 2 N–H and O–H groups in total. The van der Waals surface area contributed by atoms with Gasteiger partial charge < -0.3 is 10.6 Å². The van der Waals surface area contributed by atoms with Crippen LogP contribution in [0.15, 0.2) is 60.8 Å². The van der Waals surface area contributed by atoms with Crippen molar-refractivity contribution in [1.82, 2.24) is 4.98 Å². The van der Waals surface area contributed by atoms with Crippen LogP contribution in [0.2, 0.25) is 0 Å². The SMILES string of the molecule is O=C(Nc1cnc2ccccc2c1)c1ccc(NC2CCCCCC2)cc1. The van der Waals surface area contributed by atoms with Crippen LogP contribution in [0, 0.1) is 0 Å². The predicted octanol–water partition coefficient (Wildman–Crippen LogP) is 5.62. The summed E-state index contributed by atoms with van der Waals surface area (Å²) in [4.78, 5) is 16.9. The minimum atomic E-state index is -0.118. The zero-order valence-corrected chi connectivity index (χ0v) is 15.4. The van der Waals surface area contributed by atoms with Gasteiger partial charge >= 0.3 is 0 Å². The van der Waals surface area contributed by atoms with E-state index in [4.69, 9.17) is 0 Å². The third-order valence-corrected chi connectivity index (χ3v) is 5.22. The van der Waals surface area contributed by atoms with Crippen molar-refractivity contribution in [1.29, 1.82) is 0 Å². The molecule has 1 aromatic heterocycles. The van der Waals surface area contributed by atoms with Crippen molar-refractivity contribution >= 4 is 28.2 Å². The molecular weight excluding hydrogens is 334 g/mol. The Morgan fingerprint density at radius 1 is 0.889 bits per heavy atom. The van der Waals surface area contributed by atoms with Crippen LogP contribution in [-0.4, -0.2) is 16.9 Å². The monoisotopic (exact) mass is 359 g/mol. The Hall–Kier alpha value is -2.88. The van der Waals surface area contributed by atoms with E-state index < -0.39 is 0 Å². The standard InChI is InChI=1S/C23H25N3O/c27-23(26-21-15-18-7-5-6-10-22(18)24-16-21)17-11-13-20(14-12-17)25-19-8-3-1-2-4-9-19/h5-7,10-16,19,25H,1-4,8-9H2,(H,26,27). The molecular formula is C23H25N3O. The maximum atomic E-state index is 12.5.